The molecule has 0 aliphatic heterocycles. The number of rotatable bonds is 7. The van der Waals surface area contributed by atoms with Crippen molar-refractivity contribution in [3.8, 4) is 0 Å². The summed E-state index contributed by atoms with van der Waals surface area (Å²) < 4.78 is 0. The second-order valence-corrected chi connectivity index (χ2v) is 4.55. The van der Waals surface area contributed by atoms with Gasteiger partial charge in [0.05, 0.1) is 5.92 Å². The summed E-state index contributed by atoms with van der Waals surface area (Å²) in [5, 5.41) is 8.90. The molecule has 0 fully saturated rings. The molecule has 0 aromatic carbocycles. The summed E-state index contributed by atoms with van der Waals surface area (Å²) >= 11 is 0. The van der Waals surface area contributed by atoms with Crippen LogP contribution in [0.3, 0.4) is 0 Å². The Bertz CT molecular complexity index is 270. The van der Waals surface area contributed by atoms with Crippen molar-refractivity contribution >= 4 is 5.97 Å². The lowest BCUT2D eigenvalue weighted by Crippen LogP contribution is -2.11. The molecule has 2 nitrogen and oxygen atoms in total. The number of hydrogen-bond acceptors (Lipinski definition) is 1. The minimum Gasteiger partial charge on any atom is -0.481 e. The molecule has 0 saturated heterocycles. The van der Waals surface area contributed by atoms with Gasteiger partial charge in [0, 0.05) is 0 Å². The predicted octanol–water partition coefficient (Wildman–Crippen LogP) is 4.18. The van der Waals surface area contributed by atoms with Gasteiger partial charge in [-0.1, -0.05) is 30.2 Å². The van der Waals surface area contributed by atoms with Gasteiger partial charge in [0.15, 0.2) is 0 Å². The molecular weight excluding hydrogens is 200 g/mol. The van der Waals surface area contributed by atoms with Crippen LogP contribution < -0.4 is 0 Å². The second-order valence-electron chi connectivity index (χ2n) is 4.55. The summed E-state index contributed by atoms with van der Waals surface area (Å²) in [6.07, 6.45) is 7.72. The predicted molar refractivity (Wildman–Crippen MR) is 68.5 cm³/mol. The van der Waals surface area contributed by atoms with Crippen molar-refractivity contribution in [1.82, 2.24) is 0 Å². The van der Waals surface area contributed by atoms with Crippen molar-refractivity contribution in [1.29, 1.82) is 0 Å². The summed E-state index contributed by atoms with van der Waals surface area (Å²) in [4.78, 5) is 10.8. The molecule has 0 aliphatic rings. The van der Waals surface area contributed by atoms with E-state index >= 15 is 0 Å². The monoisotopic (exact) mass is 224 g/mol. The van der Waals surface area contributed by atoms with Crippen LogP contribution in [0.15, 0.2) is 23.3 Å². The quantitative estimate of drug-likeness (QED) is 0.659. The second kappa shape index (κ2) is 8.14. The highest BCUT2D eigenvalue weighted by atomic mass is 16.4. The maximum atomic E-state index is 10.8. The molecule has 0 spiro atoms. The Balaban J connectivity index is 4.03. The molecule has 0 heterocycles. The van der Waals surface area contributed by atoms with E-state index in [0.717, 1.165) is 12.8 Å². The van der Waals surface area contributed by atoms with Crippen molar-refractivity contribution in [2.24, 2.45) is 5.92 Å². The number of carbonyl (C=O) groups is 1. The lowest BCUT2D eigenvalue weighted by Gasteiger charge is -2.06. The number of allylic oxidation sites excluding steroid dienone is 4. The molecule has 0 bridgehead atoms. The van der Waals surface area contributed by atoms with Crippen LogP contribution in [-0.2, 0) is 4.79 Å². The van der Waals surface area contributed by atoms with Gasteiger partial charge in [-0.25, -0.2) is 0 Å². The average Bonchev–Trinajstić information content (AvgIpc) is 2.17. The van der Waals surface area contributed by atoms with E-state index in [-0.39, 0.29) is 5.92 Å². The van der Waals surface area contributed by atoms with E-state index in [0.29, 0.717) is 12.8 Å². The Hall–Kier alpha value is -1.05. The molecule has 2 heteroatoms. The van der Waals surface area contributed by atoms with Gasteiger partial charge in [0.1, 0.15) is 0 Å². The highest BCUT2D eigenvalue weighted by Gasteiger charge is 2.12. The Morgan fingerprint density at radius 1 is 1.25 bits per heavy atom. The molecule has 0 aromatic heterocycles. The Morgan fingerprint density at radius 2 is 1.88 bits per heavy atom. The highest BCUT2D eigenvalue weighted by Crippen LogP contribution is 2.13. The van der Waals surface area contributed by atoms with Crippen LogP contribution in [0.1, 0.15) is 53.4 Å². The standard InChI is InChI=1S/C14H24O2/c1-5-13(14(15)16)10-9-12(4)8-6-7-11(2)3/h7,9,13H,5-6,8,10H2,1-4H3,(H,15,16)/b12-9+. The minimum absolute atomic E-state index is 0.224. The Morgan fingerprint density at radius 3 is 2.31 bits per heavy atom. The molecule has 0 aromatic rings. The largest absolute Gasteiger partial charge is 0.481 e. The maximum Gasteiger partial charge on any atom is 0.306 e. The van der Waals surface area contributed by atoms with Crippen LogP contribution in [0, 0.1) is 5.92 Å². The lowest BCUT2D eigenvalue weighted by atomic mass is 10.00. The smallest absolute Gasteiger partial charge is 0.306 e. The molecular formula is C14H24O2. The zero-order valence-corrected chi connectivity index (χ0v) is 10.9. The molecule has 16 heavy (non-hydrogen) atoms. The van der Waals surface area contributed by atoms with Gasteiger partial charge in [0.25, 0.3) is 0 Å². The first-order chi connectivity index (χ1) is 7.47. The normalized spacial score (nSPS) is 13.4. The number of carboxylic acid groups (broad SMARTS) is 1. The van der Waals surface area contributed by atoms with E-state index < -0.39 is 5.97 Å². The number of aliphatic carboxylic acids is 1. The number of carboxylic acids is 1. The SMILES string of the molecule is CCC(C/C=C(\C)CCC=C(C)C)C(=O)O. The summed E-state index contributed by atoms with van der Waals surface area (Å²) in [6.45, 7) is 8.19. The highest BCUT2D eigenvalue weighted by molar-refractivity contribution is 5.70. The van der Waals surface area contributed by atoms with Crippen molar-refractivity contribution in [3.05, 3.63) is 23.3 Å². The summed E-state index contributed by atoms with van der Waals surface area (Å²) in [6, 6.07) is 0. The maximum absolute atomic E-state index is 10.8. The third-order valence-electron chi connectivity index (χ3n) is 2.68. The van der Waals surface area contributed by atoms with Gasteiger partial charge in [-0.05, 0) is 46.5 Å². The first kappa shape index (κ1) is 14.9. The summed E-state index contributed by atoms with van der Waals surface area (Å²) in [7, 11) is 0. The molecule has 0 saturated carbocycles. The van der Waals surface area contributed by atoms with Gasteiger partial charge in [-0.3, -0.25) is 4.79 Å². The third-order valence-corrected chi connectivity index (χ3v) is 2.68. The van der Waals surface area contributed by atoms with E-state index in [9.17, 15) is 4.79 Å². The van der Waals surface area contributed by atoms with Gasteiger partial charge in [-0.2, -0.15) is 0 Å². The lowest BCUT2D eigenvalue weighted by molar-refractivity contribution is -0.141. The Kier molecular flexibility index (Phi) is 7.61. The molecule has 0 amide bonds. The van der Waals surface area contributed by atoms with E-state index in [4.69, 9.17) is 5.11 Å². The molecule has 0 aliphatic carbocycles. The Labute approximate surface area is 99.1 Å². The third kappa shape index (κ3) is 7.27. The molecule has 1 unspecified atom stereocenters. The van der Waals surface area contributed by atoms with Crippen molar-refractivity contribution in [2.75, 3.05) is 0 Å². The first-order valence-corrected chi connectivity index (χ1v) is 5.99. The molecule has 1 atom stereocenters. The topological polar surface area (TPSA) is 37.3 Å². The van der Waals surface area contributed by atoms with Crippen LogP contribution in [0.2, 0.25) is 0 Å². The summed E-state index contributed by atoms with van der Waals surface area (Å²) in [5.74, 6) is -0.908. The van der Waals surface area contributed by atoms with Crippen LogP contribution in [0.5, 0.6) is 0 Å². The first-order valence-electron chi connectivity index (χ1n) is 5.99. The average molecular weight is 224 g/mol. The van der Waals surface area contributed by atoms with Gasteiger partial charge in [-0.15, -0.1) is 0 Å². The number of hydrogen-bond donors (Lipinski definition) is 1. The van der Waals surface area contributed by atoms with Crippen molar-refractivity contribution in [3.63, 3.8) is 0 Å². The van der Waals surface area contributed by atoms with Crippen LogP contribution in [0.25, 0.3) is 0 Å². The zero-order valence-electron chi connectivity index (χ0n) is 10.9. The van der Waals surface area contributed by atoms with Crippen LogP contribution >= 0.6 is 0 Å². The van der Waals surface area contributed by atoms with Crippen LogP contribution in [0.4, 0.5) is 0 Å². The van der Waals surface area contributed by atoms with E-state index in [1.807, 2.05) is 6.92 Å². The fraction of sp³-hybridized carbons (Fsp3) is 0.643. The van der Waals surface area contributed by atoms with E-state index in [1.165, 1.54) is 11.1 Å². The van der Waals surface area contributed by atoms with Gasteiger partial charge >= 0.3 is 5.97 Å². The van der Waals surface area contributed by atoms with E-state index in [2.05, 4.69) is 32.9 Å². The fourth-order valence-corrected chi connectivity index (χ4v) is 1.48. The minimum atomic E-state index is -0.684. The van der Waals surface area contributed by atoms with E-state index in [1.54, 1.807) is 0 Å². The van der Waals surface area contributed by atoms with Crippen molar-refractivity contribution in [2.45, 2.75) is 53.4 Å². The molecule has 0 rings (SSSR count). The molecule has 92 valence electrons. The molecule has 0 radical (unpaired) electrons. The fourth-order valence-electron chi connectivity index (χ4n) is 1.48. The van der Waals surface area contributed by atoms with Crippen molar-refractivity contribution < 1.29 is 9.90 Å². The summed E-state index contributed by atoms with van der Waals surface area (Å²) in [5.41, 5.74) is 2.63. The van der Waals surface area contributed by atoms with Gasteiger partial charge in [0.2, 0.25) is 0 Å². The zero-order chi connectivity index (χ0) is 12.6. The molecule has 1 N–H and O–H groups in total. The van der Waals surface area contributed by atoms with Crippen LogP contribution in [-0.4, -0.2) is 11.1 Å². The van der Waals surface area contributed by atoms with Gasteiger partial charge < -0.3 is 5.11 Å².